The van der Waals surface area contributed by atoms with Gasteiger partial charge in [-0.15, -0.1) is 0 Å². The Morgan fingerprint density at radius 2 is 2.23 bits per heavy atom. The molecule has 0 atom stereocenters. The molecule has 1 nitrogen and oxygen atoms in total. The minimum Gasteiger partial charge on any atom is -0.326 e. The van der Waals surface area contributed by atoms with Crippen LogP contribution in [-0.2, 0) is 6.42 Å². The van der Waals surface area contributed by atoms with Gasteiger partial charge in [-0.25, -0.2) is 0 Å². The second kappa shape index (κ2) is 3.28. The van der Waals surface area contributed by atoms with Gasteiger partial charge in [-0.1, -0.05) is 28.1 Å². The highest BCUT2D eigenvalue weighted by Gasteiger charge is 2.15. The van der Waals surface area contributed by atoms with E-state index < -0.39 is 0 Å². The molecular weight excluding hydrogens is 226 g/mol. The van der Waals surface area contributed by atoms with Crippen LogP contribution in [0, 0.1) is 6.92 Å². The van der Waals surface area contributed by atoms with Gasteiger partial charge in [0.25, 0.3) is 0 Å². The van der Waals surface area contributed by atoms with E-state index in [0.29, 0.717) is 6.54 Å². The average Bonchev–Trinajstić information content (AvgIpc) is 2.47. The molecule has 0 radical (unpaired) electrons. The number of allylic oxidation sites excluding steroid dienone is 1. The predicted molar refractivity (Wildman–Crippen MR) is 59.6 cm³/mol. The molecular formula is C11H12BrN. The molecule has 1 aliphatic carbocycles. The third-order valence-corrected chi connectivity index (χ3v) is 3.17. The van der Waals surface area contributed by atoms with Crippen molar-refractivity contribution in [2.24, 2.45) is 5.73 Å². The Bertz CT molecular complexity index is 380. The minimum absolute atomic E-state index is 0.642. The Balaban J connectivity index is 2.58. The van der Waals surface area contributed by atoms with Crippen LogP contribution < -0.4 is 5.73 Å². The average molecular weight is 238 g/mol. The van der Waals surface area contributed by atoms with Crippen LogP contribution in [0.5, 0.6) is 0 Å². The monoisotopic (exact) mass is 237 g/mol. The maximum Gasteiger partial charge on any atom is 0.0219 e. The van der Waals surface area contributed by atoms with E-state index in [4.69, 9.17) is 5.73 Å². The maximum absolute atomic E-state index is 5.67. The van der Waals surface area contributed by atoms with Gasteiger partial charge in [-0.05, 0) is 41.7 Å². The zero-order valence-electron chi connectivity index (χ0n) is 7.60. The summed E-state index contributed by atoms with van der Waals surface area (Å²) < 4.78 is 1.21. The number of fused-ring (bicyclic) bond motifs is 1. The first-order chi connectivity index (χ1) is 6.22. The van der Waals surface area contributed by atoms with Crippen molar-refractivity contribution in [3.63, 3.8) is 0 Å². The van der Waals surface area contributed by atoms with Crippen molar-refractivity contribution >= 4 is 21.5 Å². The van der Waals surface area contributed by atoms with E-state index in [2.05, 4.69) is 41.1 Å². The van der Waals surface area contributed by atoms with Gasteiger partial charge in [-0.2, -0.15) is 0 Å². The normalized spacial score (nSPS) is 14.2. The third-order valence-electron chi connectivity index (χ3n) is 2.46. The molecule has 0 aromatic heterocycles. The molecule has 0 saturated heterocycles. The van der Waals surface area contributed by atoms with Gasteiger partial charge < -0.3 is 5.73 Å². The lowest BCUT2D eigenvalue weighted by atomic mass is 10.0. The molecule has 0 bridgehead atoms. The zero-order chi connectivity index (χ0) is 9.42. The van der Waals surface area contributed by atoms with Crippen molar-refractivity contribution < 1.29 is 0 Å². The second-order valence-corrected chi connectivity index (χ2v) is 4.26. The number of hydrogen-bond donors (Lipinski definition) is 1. The minimum atomic E-state index is 0.642. The lowest BCUT2D eigenvalue weighted by molar-refractivity contribution is 1.25. The van der Waals surface area contributed by atoms with E-state index in [1.165, 1.54) is 26.7 Å². The van der Waals surface area contributed by atoms with E-state index in [1.807, 2.05) is 0 Å². The number of nitrogens with two attached hydrogens (primary N) is 1. The Morgan fingerprint density at radius 3 is 2.92 bits per heavy atom. The first-order valence-corrected chi connectivity index (χ1v) is 5.20. The smallest absolute Gasteiger partial charge is 0.0219 e. The van der Waals surface area contributed by atoms with Gasteiger partial charge in [-0.3, -0.25) is 0 Å². The molecule has 2 N–H and O–H groups in total. The predicted octanol–water partition coefficient (Wildman–Crippen LogP) is 2.66. The first kappa shape index (κ1) is 8.97. The van der Waals surface area contributed by atoms with Gasteiger partial charge in [0.1, 0.15) is 0 Å². The van der Waals surface area contributed by atoms with Crippen LogP contribution in [0.25, 0.3) is 5.57 Å². The summed E-state index contributed by atoms with van der Waals surface area (Å²) in [5.74, 6) is 0. The molecule has 0 spiro atoms. The van der Waals surface area contributed by atoms with Crippen LogP contribution in [0.15, 0.2) is 22.7 Å². The fraction of sp³-hybridized carbons (Fsp3) is 0.273. The highest BCUT2D eigenvalue weighted by Crippen LogP contribution is 2.33. The van der Waals surface area contributed by atoms with Crippen molar-refractivity contribution in [2.75, 3.05) is 6.54 Å². The Morgan fingerprint density at radius 1 is 1.46 bits per heavy atom. The third kappa shape index (κ3) is 1.45. The van der Waals surface area contributed by atoms with E-state index in [1.54, 1.807) is 0 Å². The summed E-state index contributed by atoms with van der Waals surface area (Å²) in [5.41, 5.74) is 10.9. The Hall–Kier alpha value is -0.600. The Kier molecular flexibility index (Phi) is 2.26. The molecule has 0 unspecified atom stereocenters. The summed E-state index contributed by atoms with van der Waals surface area (Å²) in [6.45, 7) is 2.75. The first-order valence-electron chi connectivity index (χ1n) is 4.41. The molecule has 2 heteroatoms. The van der Waals surface area contributed by atoms with Crippen molar-refractivity contribution in [3.05, 3.63) is 39.4 Å². The molecule has 0 saturated carbocycles. The standard InChI is InChI=1S/C11H12BrN/c1-7-4-10-8(6-13)2-3-9(10)11(12)5-7/h2,4-5H,3,6,13H2,1H3. The fourth-order valence-corrected chi connectivity index (χ4v) is 2.53. The lowest BCUT2D eigenvalue weighted by Crippen LogP contribution is -2.01. The maximum atomic E-state index is 5.67. The molecule has 1 aromatic rings. The summed E-state index contributed by atoms with van der Waals surface area (Å²) in [7, 11) is 0. The quantitative estimate of drug-likeness (QED) is 0.799. The molecule has 0 amide bonds. The zero-order valence-corrected chi connectivity index (χ0v) is 9.19. The summed E-state index contributed by atoms with van der Waals surface area (Å²) in [5, 5.41) is 0. The van der Waals surface area contributed by atoms with Crippen molar-refractivity contribution in [3.8, 4) is 0 Å². The molecule has 13 heavy (non-hydrogen) atoms. The van der Waals surface area contributed by atoms with Crippen LogP contribution in [0.4, 0.5) is 0 Å². The van der Waals surface area contributed by atoms with E-state index >= 15 is 0 Å². The summed E-state index contributed by atoms with van der Waals surface area (Å²) in [6, 6.07) is 4.37. The second-order valence-electron chi connectivity index (χ2n) is 3.41. The highest BCUT2D eigenvalue weighted by atomic mass is 79.9. The van der Waals surface area contributed by atoms with Gasteiger partial charge in [0.2, 0.25) is 0 Å². The van der Waals surface area contributed by atoms with Crippen LogP contribution in [0.2, 0.25) is 0 Å². The van der Waals surface area contributed by atoms with Gasteiger partial charge in [0.15, 0.2) is 0 Å². The van der Waals surface area contributed by atoms with Crippen LogP contribution in [0.1, 0.15) is 16.7 Å². The summed E-state index contributed by atoms with van der Waals surface area (Å²) in [4.78, 5) is 0. The van der Waals surface area contributed by atoms with E-state index in [-0.39, 0.29) is 0 Å². The van der Waals surface area contributed by atoms with Gasteiger partial charge >= 0.3 is 0 Å². The van der Waals surface area contributed by atoms with Crippen molar-refractivity contribution in [1.29, 1.82) is 0 Å². The molecule has 1 aromatic carbocycles. The lowest BCUT2D eigenvalue weighted by Gasteiger charge is -2.07. The highest BCUT2D eigenvalue weighted by molar-refractivity contribution is 9.10. The topological polar surface area (TPSA) is 26.0 Å². The van der Waals surface area contributed by atoms with Crippen LogP contribution in [-0.4, -0.2) is 6.54 Å². The van der Waals surface area contributed by atoms with Gasteiger partial charge in [0.05, 0.1) is 0 Å². The number of halogens is 1. The van der Waals surface area contributed by atoms with E-state index in [9.17, 15) is 0 Å². The van der Waals surface area contributed by atoms with Gasteiger partial charge in [0, 0.05) is 11.0 Å². The number of rotatable bonds is 1. The van der Waals surface area contributed by atoms with E-state index in [0.717, 1.165) is 6.42 Å². The van der Waals surface area contributed by atoms with Crippen LogP contribution >= 0.6 is 15.9 Å². The molecule has 68 valence electrons. The largest absolute Gasteiger partial charge is 0.326 e. The summed E-state index contributed by atoms with van der Waals surface area (Å²) >= 11 is 3.58. The van der Waals surface area contributed by atoms with Crippen molar-refractivity contribution in [2.45, 2.75) is 13.3 Å². The Labute approximate surface area is 86.8 Å². The van der Waals surface area contributed by atoms with Crippen LogP contribution in [0.3, 0.4) is 0 Å². The fourth-order valence-electron chi connectivity index (χ4n) is 1.79. The number of hydrogen-bond acceptors (Lipinski definition) is 1. The number of benzene rings is 1. The summed E-state index contributed by atoms with van der Waals surface area (Å²) in [6.07, 6.45) is 3.23. The molecule has 0 heterocycles. The SMILES string of the molecule is Cc1cc(Br)c2c(c1)C(CN)=CC2. The molecule has 1 aliphatic rings. The molecule has 0 aliphatic heterocycles. The molecule has 2 rings (SSSR count). The number of aryl methyl sites for hydroxylation is 1. The van der Waals surface area contributed by atoms with Crippen molar-refractivity contribution in [1.82, 2.24) is 0 Å². The molecule has 0 fully saturated rings.